The molecule has 1 atom stereocenters. The highest BCUT2D eigenvalue weighted by molar-refractivity contribution is 5.89. The van der Waals surface area contributed by atoms with Crippen LogP contribution in [-0.4, -0.2) is 61.6 Å². The molecule has 33 heavy (non-hydrogen) atoms. The summed E-state index contributed by atoms with van der Waals surface area (Å²) < 4.78 is 0. The monoisotopic (exact) mass is 448 g/mol. The van der Waals surface area contributed by atoms with E-state index in [9.17, 15) is 4.79 Å². The van der Waals surface area contributed by atoms with Crippen molar-refractivity contribution in [3.8, 4) is 0 Å². The van der Waals surface area contributed by atoms with E-state index >= 15 is 0 Å². The summed E-state index contributed by atoms with van der Waals surface area (Å²) in [6.07, 6.45) is 4.71. The van der Waals surface area contributed by atoms with Crippen molar-refractivity contribution >= 4 is 17.7 Å². The molecule has 0 aromatic heterocycles. The van der Waals surface area contributed by atoms with Crippen LogP contribution in [0, 0.1) is 0 Å². The highest BCUT2D eigenvalue weighted by Gasteiger charge is 2.23. The van der Waals surface area contributed by atoms with Crippen LogP contribution in [0.1, 0.15) is 42.9 Å². The molecule has 2 aliphatic heterocycles. The highest BCUT2D eigenvalue weighted by atomic mass is 16.2. The van der Waals surface area contributed by atoms with Crippen LogP contribution in [0.5, 0.6) is 0 Å². The predicted octanol–water partition coefficient (Wildman–Crippen LogP) is 3.82. The molecule has 2 aliphatic rings. The van der Waals surface area contributed by atoms with Crippen molar-refractivity contribution in [3.05, 3.63) is 65.7 Å². The molecule has 0 saturated carbocycles. The van der Waals surface area contributed by atoms with Gasteiger partial charge in [0, 0.05) is 38.9 Å². The molecule has 7 heteroatoms. The molecule has 1 unspecified atom stereocenters. The van der Waals surface area contributed by atoms with E-state index in [-0.39, 0.29) is 6.03 Å². The zero-order valence-corrected chi connectivity index (χ0v) is 19.6. The molecule has 176 valence electrons. The molecule has 0 bridgehead atoms. The molecule has 3 N–H and O–H groups in total. The molecular formula is C26H36N6O. The Hall–Kier alpha value is -3.06. The lowest BCUT2D eigenvalue weighted by Gasteiger charge is -2.29. The fourth-order valence-electron chi connectivity index (χ4n) is 4.67. The fourth-order valence-corrected chi connectivity index (χ4v) is 4.67. The second kappa shape index (κ2) is 11.7. The quantitative estimate of drug-likeness (QED) is 0.445. The number of nitrogens with zero attached hydrogens (tertiary/aromatic N) is 3. The van der Waals surface area contributed by atoms with Crippen LogP contribution in [0.15, 0.2) is 59.6 Å². The average molecular weight is 449 g/mol. The summed E-state index contributed by atoms with van der Waals surface area (Å²) in [4.78, 5) is 21.2. The van der Waals surface area contributed by atoms with Crippen molar-refractivity contribution < 1.29 is 4.79 Å². The van der Waals surface area contributed by atoms with Crippen molar-refractivity contribution in [2.45, 2.75) is 38.3 Å². The second-order valence-corrected chi connectivity index (χ2v) is 8.80. The van der Waals surface area contributed by atoms with Crippen LogP contribution >= 0.6 is 0 Å². The van der Waals surface area contributed by atoms with E-state index in [1.165, 1.54) is 18.4 Å². The van der Waals surface area contributed by atoms with Gasteiger partial charge in [-0.2, -0.15) is 0 Å². The first-order chi connectivity index (χ1) is 16.2. The Kier molecular flexibility index (Phi) is 8.19. The Labute approximate surface area is 197 Å². The van der Waals surface area contributed by atoms with Gasteiger partial charge < -0.3 is 20.9 Å². The van der Waals surface area contributed by atoms with E-state index in [1.54, 1.807) is 7.05 Å². The molecule has 2 fully saturated rings. The molecule has 0 spiro atoms. The maximum Gasteiger partial charge on any atom is 0.321 e. The van der Waals surface area contributed by atoms with Crippen LogP contribution < -0.4 is 16.0 Å². The lowest BCUT2D eigenvalue weighted by Crippen LogP contribution is -2.42. The van der Waals surface area contributed by atoms with Gasteiger partial charge in [0.1, 0.15) is 0 Å². The second-order valence-electron chi connectivity index (χ2n) is 8.80. The summed E-state index contributed by atoms with van der Waals surface area (Å²) in [6.45, 7) is 5.40. The Bertz CT molecular complexity index is 919. The number of carbonyl (C=O) groups excluding carboxylic acids is 1. The number of anilines is 1. The van der Waals surface area contributed by atoms with Gasteiger partial charge in [-0.3, -0.25) is 9.89 Å². The number of amides is 2. The number of rotatable bonds is 7. The number of likely N-dealkylation sites (tertiary alicyclic amines) is 2. The first-order valence-corrected chi connectivity index (χ1v) is 12.1. The van der Waals surface area contributed by atoms with Crippen LogP contribution in [0.3, 0.4) is 0 Å². The lowest BCUT2D eigenvalue weighted by atomic mass is 10.1. The summed E-state index contributed by atoms with van der Waals surface area (Å²) in [5.41, 5.74) is 3.26. The molecular weight excluding hydrogens is 412 g/mol. The zero-order valence-electron chi connectivity index (χ0n) is 19.6. The molecule has 2 aromatic carbocycles. The molecule has 2 amide bonds. The van der Waals surface area contributed by atoms with Crippen LogP contribution in [-0.2, 0) is 6.54 Å². The SMILES string of the molecule is CN=C(NCc1cccc(NC(=O)N2CCCC2)c1)NCC(c1ccccc1)N1CCCC1. The van der Waals surface area contributed by atoms with Gasteiger partial charge >= 0.3 is 6.03 Å². The standard InChI is InChI=1S/C26H36N6O/c1-27-25(29-20-24(31-14-5-6-15-31)22-11-3-2-4-12-22)28-19-21-10-9-13-23(18-21)30-26(33)32-16-7-8-17-32/h2-4,9-13,18,24H,5-8,14-17,19-20H2,1H3,(H,30,33)(H2,27,28,29). The van der Waals surface area contributed by atoms with Gasteiger partial charge in [0.25, 0.3) is 0 Å². The number of hydrogen-bond donors (Lipinski definition) is 3. The molecule has 2 aromatic rings. The Balaban J connectivity index is 1.31. The minimum absolute atomic E-state index is 0.0102. The van der Waals surface area contributed by atoms with Gasteiger partial charge in [0.05, 0.1) is 6.04 Å². The van der Waals surface area contributed by atoms with E-state index in [0.717, 1.165) is 62.8 Å². The van der Waals surface area contributed by atoms with Gasteiger partial charge in [-0.15, -0.1) is 0 Å². The summed E-state index contributed by atoms with van der Waals surface area (Å²) in [7, 11) is 1.80. The molecule has 7 nitrogen and oxygen atoms in total. The van der Waals surface area contributed by atoms with Gasteiger partial charge in [0.15, 0.2) is 5.96 Å². The Morgan fingerprint density at radius 3 is 2.39 bits per heavy atom. The Morgan fingerprint density at radius 1 is 0.939 bits per heavy atom. The number of aliphatic imine (C=N–C) groups is 1. The summed E-state index contributed by atoms with van der Waals surface area (Å²) >= 11 is 0. The Morgan fingerprint density at radius 2 is 1.67 bits per heavy atom. The number of nitrogens with one attached hydrogen (secondary N) is 3. The number of guanidine groups is 1. The van der Waals surface area contributed by atoms with Gasteiger partial charge in [0.2, 0.25) is 0 Å². The van der Waals surface area contributed by atoms with Crippen molar-refractivity contribution in [2.24, 2.45) is 4.99 Å². The molecule has 4 rings (SSSR count). The average Bonchev–Trinajstić information content (AvgIpc) is 3.57. The van der Waals surface area contributed by atoms with E-state index in [1.807, 2.05) is 23.1 Å². The third-order valence-corrected chi connectivity index (χ3v) is 6.48. The first kappa shape index (κ1) is 23.1. The van der Waals surface area contributed by atoms with Gasteiger partial charge in [-0.05, 0) is 62.0 Å². The van der Waals surface area contributed by atoms with Crippen molar-refractivity contribution in [2.75, 3.05) is 45.1 Å². The molecule has 0 radical (unpaired) electrons. The molecule has 0 aliphatic carbocycles. The number of hydrogen-bond acceptors (Lipinski definition) is 3. The third kappa shape index (κ3) is 6.48. The summed E-state index contributed by atoms with van der Waals surface area (Å²) in [5.74, 6) is 0.779. The minimum Gasteiger partial charge on any atom is -0.354 e. The number of carbonyl (C=O) groups is 1. The normalized spacial score (nSPS) is 17.7. The van der Waals surface area contributed by atoms with Crippen LogP contribution in [0.2, 0.25) is 0 Å². The van der Waals surface area contributed by atoms with Crippen LogP contribution in [0.25, 0.3) is 0 Å². The van der Waals surface area contributed by atoms with E-state index < -0.39 is 0 Å². The molecule has 2 heterocycles. The fraction of sp³-hybridized carbons (Fsp3) is 0.462. The smallest absolute Gasteiger partial charge is 0.321 e. The molecule has 2 saturated heterocycles. The van der Waals surface area contributed by atoms with E-state index in [2.05, 4.69) is 62.2 Å². The minimum atomic E-state index is -0.0102. The largest absolute Gasteiger partial charge is 0.354 e. The lowest BCUT2D eigenvalue weighted by molar-refractivity contribution is 0.222. The van der Waals surface area contributed by atoms with Crippen molar-refractivity contribution in [1.29, 1.82) is 0 Å². The summed E-state index contributed by atoms with van der Waals surface area (Å²) in [6, 6.07) is 19.0. The van der Waals surface area contributed by atoms with Gasteiger partial charge in [-0.1, -0.05) is 42.5 Å². The maximum atomic E-state index is 12.4. The number of urea groups is 1. The predicted molar refractivity (Wildman–Crippen MR) is 134 cm³/mol. The van der Waals surface area contributed by atoms with Crippen molar-refractivity contribution in [3.63, 3.8) is 0 Å². The highest BCUT2D eigenvalue weighted by Crippen LogP contribution is 2.24. The van der Waals surface area contributed by atoms with Crippen molar-refractivity contribution in [1.82, 2.24) is 20.4 Å². The van der Waals surface area contributed by atoms with E-state index in [4.69, 9.17) is 0 Å². The van der Waals surface area contributed by atoms with Crippen LogP contribution in [0.4, 0.5) is 10.5 Å². The third-order valence-electron chi connectivity index (χ3n) is 6.48. The zero-order chi connectivity index (χ0) is 22.9. The topological polar surface area (TPSA) is 72.0 Å². The van der Waals surface area contributed by atoms with Gasteiger partial charge in [-0.25, -0.2) is 4.79 Å². The first-order valence-electron chi connectivity index (χ1n) is 12.1. The summed E-state index contributed by atoms with van der Waals surface area (Å²) in [5, 5.41) is 9.96. The van der Waals surface area contributed by atoms with E-state index in [0.29, 0.717) is 12.6 Å². The maximum absolute atomic E-state index is 12.4. The number of benzene rings is 2.